The predicted molar refractivity (Wildman–Crippen MR) is 155 cm³/mol. The summed E-state index contributed by atoms with van der Waals surface area (Å²) in [5.74, 6) is 1.12. The highest BCUT2D eigenvalue weighted by Gasteiger charge is 2.02. The molecule has 0 spiro atoms. The average Bonchev–Trinajstić information content (AvgIpc) is 2.87. The summed E-state index contributed by atoms with van der Waals surface area (Å²) in [7, 11) is 0. The normalized spacial score (nSPS) is 11.5. The molecule has 0 radical (unpaired) electrons. The van der Waals surface area contributed by atoms with Crippen LogP contribution in [0.25, 0.3) is 0 Å². The first-order valence-electron chi connectivity index (χ1n) is 14.1. The standard InChI is InChI=1S/2C8H18O.2C6H14O2.Mg.2H/c2*1-3-5-6-8(4-2)7-9;2*1-2-3-5-8-6-4-7;;;/h2*8-9H,3-7H2,1-2H3;2*7H,2-6H2,1H3;;;. The maximum absolute atomic E-state index is 8.75. The van der Waals surface area contributed by atoms with E-state index in [-0.39, 0.29) is 36.3 Å². The van der Waals surface area contributed by atoms with Gasteiger partial charge in [0.1, 0.15) is 0 Å². The lowest BCUT2D eigenvalue weighted by Gasteiger charge is -2.08. The van der Waals surface area contributed by atoms with Crippen LogP contribution in [0.4, 0.5) is 0 Å². The van der Waals surface area contributed by atoms with Gasteiger partial charge in [0.05, 0.1) is 26.4 Å². The van der Waals surface area contributed by atoms with Crippen molar-refractivity contribution in [1.82, 2.24) is 0 Å². The number of rotatable bonds is 20. The molecule has 0 aromatic carbocycles. The second-order valence-corrected chi connectivity index (χ2v) is 8.58. The summed E-state index contributed by atoms with van der Waals surface area (Å²) < 4.78 is 9.95. The first-order chi connectivity index (χ1) is 16.5. The van der Waals surface area contributed by atoms with Crippen LogP contribution in [0, 0.1) is 11.8 Å². The van der Waals surface area contributed by atoms with E-state index in [9.17, 15) is 0 Å². The maximum Gasteiger partial charge on any atom is 0.316 e. The Balaban J connectivity index is -0.000000113. The summed E-state index contributed by atoms with van der Waals surface area (Å²) in [4.78, 5) is 0. The van der Waals surface area contributed by atoms with Crippen molar-refractivity contribution >= 4 is 23.1 Å². The van der Waals surface area contributed by atoms with Gasteiger partial charge in [-0.05, 0) is 37.5 Å². The van der Waals surface area contributed by atoms with Crippen molar-refractivity contribution in [3.63, 3.8) is 0 Å². The van der Waals surface area contributed by atoms with Crippen LogP contribution in [-0.2, 0) is 9.47 Å². The van der Waals surface area contributed by atoms with Gasteiger partial charge in [0.25, 0.3) is 0 Å². The first-order valence-corrected chi connectivity index (χ1v) is 14.1. The molecule has 0 amide bonds. The van der Waals surface area contributed by atoms with E-state index >= 15 is 0 Å². The van der Waals surface area contributed by atoms with Gasteiger partial charge in [-0.15, -0.1) is 0 Å². The molecule has 0 aliphatic rings. The SMILES string of the molecule is CCCCC(CC)CO.CCCCC(CC)CO.CCCCOCCO.CCCCOCCO.[MgH2]. The third-order valence-corrected chi connectivity index (χ3v) is 5.36. The molecule has 0 aliphatic heterocycles. The highest BCUT2D eigenvalue weighted by atomic mass is 24.3. The molecule has 35 heavy (non-hydrogen) atoms. The minimum atomic E-state index is 0. The molecule has 0 heterocycles. The summed E-state index contributed by atoms with van der Waals surface area (Å²) in [5, 5.41) is 34.0. The number of aliphatic hydroxyl groups is 4. The largest absolute Gasteiger partial charge is 0.396 e. The molecule has 4 N–H and O–H groups in total. The molecule has 0 aliphatic carbocycles. The quantitative estimate of drug-likeness (QED) is 0.132. The van der Waals surface area contributed by atoms with Crippen LogP contribution in [0.5, 0.6) is 0 Å². The van der Waals surface area contributed by atoms with Crippen molar-refractivity contribution in [3.8, 4) is 0 Å². The molecule has 2 unspecified atom stereocenters. The molecule has 0 aromatic heterocycles. The molecule has 216 valence electrons. The van der Waals surface area contributed by atoms with E-state index in [1.54, 1.807) is 0 Å². The molecular formula is C28H66MgO6. The third-order valence-electron chi connectivity index (χ3n) is 5.36. The minimum absolute atomic E-state index is 0. The van der Waals surface area contributed by atoms with Gasteiger partial charge in [0, 0.05) is 26.4 Å². The second-order valence-electron chi connectivity index (χ2n) is 8.58. The Morgan fingerprint density at radius 1 is 0.486 bits per heavy atom. The molecular weight excluding hydrogens is 457 g/mol. The maximum atomic E-state index is 8.75. The zero-order valence-electron chi connectivity index (χ0n) is 23.9. The van der Waals surface area contributed by atoms with E-state index in [2.05, 4.69) is 41.5 Å². The van der Waals surface area contributed by atoms with E-state index in [1.165, 1.54) is 38.5 Å². The van der Waals surface area contributed by atoms with E-state index in [1.807, 2.05) is 0 Å². The van der Waals surface area contributed by atoms with Crippen LogP contribution in [0.3, 0.4) is 0 Å². The number of ether oxygens (including phenoxy) is 2. The Labute approximate surface area is 235 Å². The molecule has 0 fully saturated rings. The summed E-state index contributed by atoms with van der Waals surface area (Å²) >= 11 is 0. The topological polar surface area (TPSA) is 99.4 Å². The summed E-state index contributed by atoms with van der Waals surface area (Å²) in [6, 6.07) is 0. The van der Waals surface area contributed by atoms with E-state index < -0.39 is 0 Å². The van der Waals surface area contributed by atoms with Crippen molar-refractivity contribution in [3.05, 3.63) is 0 Å². The molecule has 2 atom stereocenters. The van der Waals surface area contributed by atoms with E-state index in [0.29, 0.717) is 38.3 Å². The van der Waals surface area contributed by atoms with Crippen LogP contribution < -0.4 is 0 Å². The monoisotopic (exact) mass is 522 g/mol. The lowest BCUT2D eigenvalue weighted by atomic mass is 10.0. The van der Waals surface area contributed by atoms with Crippen molar-refractivity contribution in [2.24, 2.45) is 11.8 Å². The first kappa shape index (κ1) is 45.4. The molecule has 7 heteroatoms. The van der Waals surface area contributed by atoms with Crippen LogP contribution >= 0.6 is 0 Å². The Hall–Kier alpha value is 0.526. The van der Waals surface area contributed by atoms with Gasteiger partial charge in [-0.1, -0.05) is 92.9 Å². The third kappa shape index (κ3) is 51.9. The van der Waals surface area contributed by atoms with Crippen LogP contribution in [0.1, 0.15) is 119 Å². The minimum Gasteiger partial charge on any atom is -0.396 e. The van der Waals surface area contributed by atoms with Gasteiger partial charge in [-0.2, -0.15) is 0 Å². The fraction of sp³-hybridized carbons (Fsp3) is 1.00. The number of unbranched alkanes of at least 4 members (excludes halogenated alkanes) is 4. The Morgan fingerprint density at radius 3 is 1.00 bits per heavy atom. The Kier molecular flexibility index (Phi) is 61.9. The molecule has 0 saturated heterocycles. The molecule has 0 rings (SSSR count). The van der Waals surface area contributed by atoms with Crippen LogP contribution in [-0.4, -0.2) is 96.3 Å². The Bertz CT molecular complexity index is 251. The molecule has 0 aromatic rings. The summed E-state index contributed by atoms with van der Waals surface area (Å²) in [6.07, 6.45) is 14.2. The lowest BCUT2D eigenvalue weighted by molar-refractivity contribution is 0.0904. The number of hydrogen-bond acceptors (Lipinski definition) is 6. The molecule has 0 bridgehead atoms. The van der Waals surface area contributed by atoms with Gasteiger partial charge < -0.3 is 29.9 Å². The summed E-state index contributed by atoms with van der Waals surface area (Å²) in [5.41, 5.74) is 0. The highest BCUT2D eigenvalue weighted by Crippen LogP contribution is 2.11. The van der Waals surface area contributed by atoms with Gasteiger partial charge >= 0.3 is 23.1 Å². The molecule has 0 saturated carbocycles. The van der Waals surface area contributed by atoms with E-state index in [4.69, 9.17) is 29.9 Å². The fourth-order valence-corrected chi connectivity index (χ4v) is 2.66. The van der Waals surface area contributed by atoms with Gasteiger partial charge in [-0.3, -0.25) is 0 Å². The van der Waals surface area contributed by atoms with Crippen molar-refractivity contribution in [1.29, 1.82) is 0 Å². The van der Waals surface area contributed by atoms with Crippen LogP contribution in [0.15, 0.2) is 0 Å². The zero-order chi connectivity index (χ0) is 26.7. The zero-order valence-corrected chi connectivity index (χ0v) is 23.9. The average molecular weight is 523 g/mol. The smallest absolute Gasteiger partial charge is 0.316 e. The summed E-state index contributed by atoms with van der Waals surface area (Å²) in [6.45, 7) is 16.4. The fourth-order valence-electron chi connectivity index (χ4n) is 2.66. The van der Waals surface area contributed by atoms with Gasteiger partial charge in [0.2, 0.25) is 0 Å². The second kappa shape index (κ2) is 47.7. The van der Waals surface area contributed by atoms with E-state index in [0.717, 1.165) is 51.7 Å². The number of aliphatic hydroxyl groups excluding tert-OH is 4. The highest BCUT2D eigenvalue weighted by molar-refractivity contribution is 5.75. The predicted octanol–water partition coefficient (Wildman–Crippen LogP) is 5.06. The Morgan fingerprint density at radius 2 is 0.800 bits per heavy atom. The van der Waals surface area contributed by atoms with Crippen LogP contribution in [0.2, 0.25) is 0 Å². The number of hydrogen-bond donors (Lipinski definition) is 4. The van der Waals surface area contributed by atoms with Crippen molar-refractivity contribution in [2.75, 3.05) is 52.9 Å². The lowest BCUT2D eigenvalue weighted by Crippen LogP contribution is -2.03. The van der Waals surface area contributed by atoms with Gasteiger partial charge in [0.15, 0.2) is 0 Å². The van der Waals surface area contributed by atoms with Crippen molar-refractivity contribution < 1.29 is 29.9 Å². The molecule has 6 nitrogen and oxygen atoms in total. The van der Waals surface area contributed by atoms with Gasteiger partial charge in [-0.25, -0.2) is 0 Å². The van der Waals surface area contributed by atoms with Crippen molar-refractivity contribution in [2.45, 2.75) is 119 Å².